The summed E-state index contributed by atoms with van der Waals surface area (Å²) in [6.45, 7) is 5.11. The number of rotatable bonds is 5. The van der Waals surface area contributed by atoms with Crippen LogP contribution in [0.5, 0.6) is 5.75 Å². The molecule has 3 nitrogen and oxygen atoms in total. The number of ether oxygens (including phenoxy) is 1. The Kier molecular flexibility index (Phi) is 4.40. The second kappa shape index (κ2) is 5.58. The molecule has 0 heterocycles. The van der Waals surface area contributed by atoms with Crippen LogP contribution in [0.4, 0.5) is 15.8 Å². The van der Waals surface area contributed by atoms with Gasteiger partial charge in [-0.1, -0.05) is 13.8 Å². The topological polar surface area (TPSA) is 47.3 Å². The molecule has 0 atom stereocenters. The number of anilines is 2. The molecule has 0 saturated heterocycles. The smallest absolute Gasteiger partial charge is 0.167 e. The van der Waals surface area contributed by atoms with Crippen LogP contribution in [0, 0.1) is 11.7 Å². The maximum atomic E-state index is 13.2. The zero-order valence-electron chi connectivity index (χ0n) is 10.0. The van der Waals surface area contributed by atoms with E-state index in [2.05, 4.69) is 19.2 Å². The fourth-order valence-corrected chi connectivity index (χ4v) is 1.37. The van der Waals surface area contributed by atoms with Crippen molar-refractivity contribution in [3.63, 3.8) is 0 Å². The summed E-state index contributed by atoms with van der Waals surface area (Å²) in [6.07, 6.45) is 1.04. The number of nitrogen functional groups attached to an aromatic ring is 1. The van der Waals surface area contributed by atoms with E-state index in [1.165, 1.54) is 13.2 Å². The van der Waals surface area contributed by atoms with Gasteiger partial charge in [-0.2, -0.15) is 0 Å². The van der Waals surface area contributed by atoms with E-state index in [0.717, 1.165) is 18.7 Å². The van der Waals surface area contributed by atoms with Crippen LogP contribution in [0.25, 0.3) is 0 Å². The van der Waals surface area contributed by atoms with Crippen molar-refractivity contribution in [1.29, 1.82) is 0 Å². The van der Waals surface area contributed by atoms with E-state index in [1.54, 1.807) is 6.07 Å². The third-order valence-corrected chi connectivity index (χ3v) is 2.36. The first-order valence-corrected chi connectivity index (χ1v) is 5.41. The lowest BCUT2D eigenvalue weighted by atomic mass is 10.1. The van der Waals surface area contributed by atoms with E-state index in [0.29, 0.717) is 11.6 Å². The Labute approximate surface area is 95.8 Å². The molecule has 0 bridgehead atoms. The zero-order valence-corrected chi connectivity index (χ0v) is 10.0. The van der Waals surface area contributed by atoms with Gasteiger partial charge in [0.25, 0.3) is 0 Å². The Morgan fingerprint density at radius 2 is 2.12 bits per heavy atom. The van der Waals surface area contributed by atoms with Crippen molar-refractivity contribution in [3.05, 3.63) is 17.9 Å². The Morgan fingerprint density at radius 1 is 1.44 bits per heavy atom. The lowest BCUT2D eigenvalue weighted by Crippen LogP contribution is -2.07. The summed E-state index contributed by atoms with van der Waals surface area (Å²) >= 11 is 0. The number of methoxy groups -OCH3 is 1. The molecule has 4 heteroatoms. The summed E-state index contributed by atoms with van der Waals surface area (Å²) in [5, 5.41) is 3.17. The molecule has 0 aliphatic rings. The van der Waals surface area contributed by atoms with E-state index >= 15 is 0 Å². The maximum absolute atomic E-state index is 13.2. The van der Waals surface area contributed by atoms with E-state index in [4.69, 9.17) is 10.5 Å². The van der Waals surface area contributed by atoms with Gasteiger partial charge < -0.3 is 15.8 Å². The first kappa shape index (κ1) is 12.6. The van der Waals surface area contributed by atoms with Crippen molar-refractivity contribution >= 4 is 11.4 Å². The molecule has 0 fully saturated rings. The standard InChI is InChI=1S/C12H19FN2O/c1-8(2)4-5-15-11-7-12(16-3)9(13)6-10(11)14/h6-8,15H,4-5,14H2,1-3H3. The Balaban J connectivity index is 2.72. The van der Waals surface area contributed by atoms with Crippen molar-refractivity contribution in [3.8, 4) is 5.75 Å². The Morgan fingerprint density at radius 3 is 2.69 bits per heavy atom. The monoisotopic (exact) mass is 226 g/mol. The summed E-state index contributed by atoms with van der Waals surface area (Å²) in [6, 6.07) is 2.86. The number of benzene rings is 1. The number of hydrogen-bond donors (Lipinski definition) is 2. The highest BCUT2D eigenvalue weighted by molar-refractivity contribution is 5.68. The molecule has 0 aliphatic heterocycles. The molecular weight excluding hydrogens is 207 g/mol. The van der Waals surface area contributed by atoms with Crippen LogP contribution < -0.4 is 15.8 Å². The van der Waals surface area contributed by atoms with Gasteiger partial charge in [0.2, 0.25) is 0 Å². The van der Waals surface area contributed by atoms with Crippen molar-refractivity contribution < 1.29 is 9.13 Å². The quantitative estimate of drug-likeness (QED) is 0.759. The lowest BCUT2D eigenvalue weighted by molar-refractivity contribution is 0.387. The maximum Gasteiger partial charge on any atom is 0.167 e. The molecule has 0 radical (unpaired) electrons. The Hall–Kier alpha value is -1.45. The van der Waals surface area contributed by atoms with E-state index < -0.39 is 5.82 Å². The van der Waals surface area contributed by atoms with Gasteiger partial charge in [0.05, 0.1) is 18.5 Å². The van der Waals surface area contributed by atoms with Gasteiger partial charge in [0.15, 0.2) is 11.6 Å². The predicted octanol–water partition coefficient (Wildman–Crippen LogP) is 2.87. The van der Waals surface area contributed by atoms with Crippen molar-refractivity contribution in [2.75, 3.05) is 24.7 Å². The molecule has 16 heavy (non-hydrogen) atoms. The van der Waals surface area contributed by atoms with Crippen LogP contribution in [0.3, 0.4) is 0 Å². The highest BCUT2D eigenvalue weighted by Crippen LogP contribution is 2.27. The van der Waals surface area contributed by atoms with Gasteiger partial charge in [0, 0.05) is 18.7 Å². The van der Waals surface area contributed by atoms with Crippen LogP contribution in [-0.2, 0) is 0 Å². The van der Waals surface area contributed by atoms with E-state index in [1.807, 2.05) is 0 Å². The van der Waals surface area contributed by atoms with Crippen molar-refractivity contribution in [2.45, 2.75) is 20.3 Å². The third-order valence-electron chi connectivity index (χ3n) is 2.36. The van der Waals surface area contributed by atoms with E-state index in [-0.39, 0.29) is 5.75 Å². The fourth-order valence-electron chi connectivity index (χ4n) is 1.37. The fraction of sp³-hybridized carbons (Fsp3) is 0.500. The van der Waals surface area contributed by atoms with Crippen molar-refractivity contribution in [2.24, 2.45) is 5.92 Å². The largest absolute Gasteiger partial charge is 0.494 e. The number of hydrogen-bond acceptors (Lipinski definition) is 3. The van der Waals surface area contributed by atoms with Crippen LogP contribution in [0.2, 0.25) is 0 Å². The summed E-state index contributed by atoms with van der Waals surface area (Å²) in [5.74, 6) is 0.395. The first-order valence-electron chi connectivity index (χ1n) is 5.41. The molecule has 0 unspecified atom stereocenters. The molecule has 90 valence electrons. The summed E-state index contributed by atoms with van der Waals surface area (Å²) in [4.78, 5) is 0. The third kappa shape index (κ3) is 3.29. The number of nitrogens with one attached hydrogen (secondary N) is 1. The van der Waals surface area contributed by atoms with Gasteiger partial charge >= 0.3 is 0 Å². The molecule has 0 spiro atoms. The summed E-state index contributed by atoms with van der Waals surface area (Å²) < 4.78 is 18.1. The molecule has 0 amide bonds. The molecule has 0 aromatic heterocycles. The van der Waals surface area contributed by atoms with Crippen molar-refractivity contribution in [1.82, 2.24) is 0 Å². The van der Waals surface area contributed by atoms with Crippen LogP contribution >= 0.6 is 0 Å². The molecule has 3 N–H and O–H groups in total. The first-order chi connectivity index (χ1) is 7.54. The average molecular weight is 226 g/mol. The molecule has 1 aromatic carbocycles. The number of nitrogens with two attached hydrogens (primary N) is 1. The van der Waals surface area contributed by atoms with Crippen LogP contribution in [0.15, 0.2) is 12.1 Å². The van der Waals surface area contributed by atoms with Gasteiger partial charge in [-0.25, -0.2) is 4.39 Å². The van der Waals surface area contributed by atoms with Crippen LogP contribution in [0.1, 0.15) is 20.3 Å². The Bertz CT molecular complexity index is 353. The predicted molar refractivity (Wildman–Crippen MR) is 65.3 cm³/mol. The minimum absolute atomic E-state index is 0.209. The zero-order chi connectivity index (χ0) is 12.1. The second-order valence-electron chi connectivity index (χ2n) is 4.18. The number of halogens is 1. The molecule has 0 saturated carbocycles. The molecule has 1 rings (SSSR count). The molecule has 1 aromatic rings. The highest BCUT2D eigenvalue weighted by Gasteiger charge is 2.07. The van der Waals surface area contributed by atoms with Gasteiger partial charge in [0.1, 0.15) is 0 Å². The van der Waals surface area contributed by atoms with Gasteiger partial charge in [-0.3, -0.25) is 0 Å². The molecule has 0 aliphatic carbocycles. The summed E-state index contributed by atoms with van der Waals surface area (Å²) in [7, 11) is 1.44. The average Bonchev–Trinajstić information content (AvgIpc) is 2.20. The van der Waals surface area contributed by atoms with Gasteiger partial charge in [-0.15, -0.1) is 0 Å². The molecular formula is C12H19FN2O. The van der Waals surface area contributed by atoms with Crippen LogP contribution in [-0.4, -0.2) is 13.7 Å². The normalized spacial score (nSPS) is 10.6. The minimum atomic E-state index is -0.436. The van der Waals surface area contributed by atoms with E-state index in [9.17, 15) is 4.39 Å². The highest BCUT2D eigenvalue weighted by atomic mass is 19.1. The second-order valence-corrected chi connectivity index (χ2v) is 4.18. The SMILES string of the molecule is COc1cc(NCCC(C)C)c(N)cc1F. The summed E-state index contributed by atoms with van der Waals surface area (Å²) in [5.41, 5.74) is 6.83. The lowest BCUT2D eigenvalue weighted by Gasteiger charge is -2.12. The van der Waals surface area contributed by atoms with Gasteiger partial charge in [-0.05, 0) is 12.3 Å². The minimum Gasteiger partial charge on any atom is -0.494 e.